The van der Waals surface area contributed by atoms with Gasteiger partial charge in [0.2, 0.25) is 0 Å². The first kappa shape index (κ1) is 30.6. The number of hydrogen-bond donors (Lipinski definition) is 2. The van der Waals surface area contributed by atoms with Crippen LogP contribution in [0.25, 0.3) is 22.0 Å². The molecular formula is C34H41N3O5. The van der Waals surface area contributed by atoms with E-state index in [1.54, 1.807) is 0 Å². The molecule has 222 valence electrons. The number of amides is 1. The van der Waals surface area contributed by atoms with E-state index in [-0.39, 0.29) is 18.8 Å². The topological polar surface area (TPSA) is 103 Å². The number of aromatic nitrogens is 2. The fraction of sp³-hybridized carbons (Fsp3) is 0.382. The van der Waals surface area contributed by atoms with Crippen LogP contribution in [0.4, 0.5) is 4.79 Å². The average Bonchev–Trinajstić information content (AvgIpc) is 3.29. The smallest absolute Gasteiger partial charge is 0.407 e. The first-order valence-electron chi connectivity index (χ1n) is 14.2. The number of methoxy groups -OCH3 is 1. The number of fused-ring (bicyclic) bond motifs is 1. The Balaban J connectivity index is 1.85. The van der Waals surface area contributed by atoms with Gasteiger partial charge in [0.1, 0.15) is 12.2 Å². The summed E-state index contributed by atoms with van der Waals surface area (Å²) >= 11 is 0. The molecule has 4 rings (SSSR count). The van der Waals surface area contributed by atoms with E-state index in [9.17, 15) is 9.59 Å². The van der Waals surface area contributed by atoms with Crippen LogP contribution < -0.4 is 10.1 Å². The number of carbonyl (C=O) groups is 2. The highest BCUT2D eigenvalue weighted by Crippen LogP contribution is 2.36. The van der Waals surface area contributed by atoms with Crippen LogP contribution in [0.2, 0.25) is 0 Å². The number of hydrogen-bond acceptors (Lipinski definition) is 6. The first-order chi connectivity index (χ1) is 19.9. The van der Waals surface area contributed by atoms with Crippen LogP contribution in [0.5, 0.6) is 5.75 Å². The van der Waals surface area contributed by atoms with Gasteiger partial charge in [0.15, 0.2) is 11.4 Å². The van der Waals surface area contributed by atoms with Gasteiger partial charge in [-0.05, 0) is 70.2 Å². The molecule has 0 bridgehead atoms. The molecule has 0 spiro atoms. The van der Waals surface area contributed by atoms with Crippen LogP contribution >= 0.6 is 0 Å². The average molecular weight is 572 g/mol. The van der Waals surface area contributed by atoms with Crippen molar-refractivity contribution < 1.29 is 23.8 Å². The highest BCUT2D eigenvalue weighted by atomic mass is 16.6. The zero-order valence-corrected chi connectivity index (χ0v) is 25.8. The summed E-state index contributed by atoms with van der Waals surface area (Å²) in [6.07, 6.45) is 0.244. The van der Waals surface area contributed by atoms with Gasteiger partial charge < -0.3 is 24.5 Å². The molecule has 8 nitrogen and oxygen atoms in total. The molecule has 2 aromatic heterocycles. The molecule has 8 heteroatoms. The van der Waals surface area contributed by atoms with Crippen LogP contribution in [0.15, 0.2) is 48.5 Å². The Morgan fingerprint density at radius 2 is 1.69 bits per heavy atom. The number of esters is 1. The predicted molar refractivity (Wildman–Crippen MR) is 165 cm³/mol. The van der Waals surface area contributed by atoms with E-state index in [0.717, 1.165) is 56.5 Å². The van der Waals surface area contributed by atoms with E-state index < -0.39 is 17.7 Å². The molecule has 0 radical (unpaired) electrons. The van der Waals surface area contributed by atoms with Gasteiger partial charge in [0.05, 0.1) is 7.11 Å². The lowest BCUT2D eigenvalue weighted by atomic mass is 9.90. The van der Waals surface area contributed by atoms with Gasteiger partial charge >= 0.3 is 12.1 Å². The monoisotopic (exact) mass is 571 g/mol. The van der Waals surface area contributed by atoms with Gasteiger partial charge in [-0.1, -0.05) is 55.8 Å². The van der Waals surface area contributed by atoms with Gasteiger partial charge in [-0.25, -0.2) is 9.59 Å². The number of aryl methyl sites for hydroxylation is 2. The highest BCUT2D eigenvalue weighted by molar-refractivity contribution is 6.00. The molecule has 2 heterocycles. The molecule has 0 saturated carbocycles. The molecule has 2 aromatic carbocycles. The van der Waals surface area contributed by atoms with Crippen LogP contribution in [0.1, 0.15) is 73.2 Å². The summed E-state index contributed by atoms with van der Waals surface area (Å²) in [5.74, 6) is 0.259. The van der Waals surface area contributed by atoms with E-state index in [4.69, 9.17) is 19.2 Å². The quantitative estimate of drug-likeness (QED) is 0.203. The third-order valence-electron chi connectivity index (χ3n) is 6.85. The van der Waals surface area contributed by atoms with Gasteiger partial charge in [-0.3, -0.25) is 4.98 Å². The number of aromatic amines is 1. The summed E-state index contributed by atoms with van der Waals surface area (Å²) in [7, 11) is 1.35. The van der Waals surface area contributed by atoms with Crippen molar-refractivity contribution in [3.05, 3.63) is 82.3 Å². The lowest BCUT2D eigenvalue weighted by Crippen LogP contribution is -2.32. The maximum absolute atomic E-state index is 12.7. The number of nitrogens with one attached hydrogen (secondary N) is 2. The lowest BCUT2D eigenvalue weighted by Gasteiger charge is -2.24. The predicted octanol–water partition coefficient (Wildman–Crippen LogP) is 7.44. The van der Waals surface area contributed by atoms with Crippen molar-refractivity contribution in [1.29, 1.82) is 0 Å². The van der Waals surface area contributed by atoms with E-state index in [1.807, 2.05) is 58.9 Å². The first-order valence-corrected chi connectivity index (χ1v) is 14.2. The molecule has 0 saturated heterocycles. The number of alkyl carbamates (subject to hydrolysis) is 1. The van der Waals surface area contributed by atoms with Gasteiger partial charge in [0, 0.05) is 40.0 Å². The van der Waals surface area contributed by atoms with Crippen molar-refractivity contribution in [3.8, 4) is 16.9 Å². The Kier molecular flexibility index (Phi) is 9.24. The summed E-state index contributed by atoms with van der Waals surface area (Å²) in [6.45, 7) is 14.2. The Hall–Kier alpha value is -4.33. The second-order valence-corrected chi connectivity index (χ2v) is 12.0. The van der Waals surface area contributed by atoms with E-state index in [0.29, 0.717) is 11.7 Å². The maximum Gasteiger partial charge on any atom is 0.407 e. The Morgan fingerprint density at radius 3 is 2.33 bits per heavy atom. The Bertz CT molecular complexity index is 1580. The molecule has 2 N–H and O–H groups in total. The second kappa shape index (κ2) is 12.7. The minimum Gasteiger partial charge on any atom is -0.486 e. The fourth-order valence-corrected chi connectivity index (χ4v) is 4.97. The normalized spacial score (nSPS) is 11.5. The molecule has 1 amide bonds. The number of H-pyrrole nitrogens is 1. The third-order valence-corrected chi connectivity index (χ3v) is 6.85. The molecule has 0 atom stereocenters. The molecule has 0 aliphatic carbocycles. The van der Waals surface area contributed by atoms with Crippen molar-refractivity contribution in [2.24, 2.45) is 5.92 Å². The van der Waals surface area contributed by atoms with E-state index in [2.05, 4.69) is 48.4 Å². The third kappa shape index (κ3) is 7.11. The van der Waals surface area contributed by atoms with Crippen LogP contribution in [-0.4, -0.2) is 34.7 Å². The minimum absolute atomic E-state index is 0.148. The summed E-state index contributed by atoms with van der Waals surface area (Å²) in [5.41, 5.74) is 7.01. The van der Waals surface area contributed by atoms with Crippen molar-refractivity contribution in [2.75, 3.05) is 7.11 Å². The molecule has 42 heavy (non-hydrogen) atoms. The number of rotatable bonds is 9. The maximum atomic E-state index is 12.7. The largest absolute Gasteiger partial charge is 0.486 e. The zero-order chi connectivity index (χ0) is 30.6. The zero-order valence-electron chi connectivity index (χ0n) is 25.8. The van der Waals surface area contributed by atoms with Crippen molar-refractivity contribution in [3.63, 3.8) is 0 Å². The molecule has 0 fully saturated rings. The Labute approximate surface area is 247 Å². The Morgan fingerprint density at radius 1 is 1.00 bits per heavy atom. The van der Waals surface area contributed by atoms with Crippen LogP contribution in [0, 0.1) is 19.8 Å². The van der Waals surface area contributed by atoms with Crippen molar-refractivity contribution in [2.45, 2.75) is 73.6 Å². The molecular weight excluding hydrogens is 530 g/mol. The van der Waals surface area contributed by atoms with Gasteiger partial charge in [0.25, 0.3) is 0 Å². The number of carbonyl (C=O) groups excluding carboxylic acids is 2. The van der Waals surface area contributed by atoms with Gasteiger partial charge in [-0.2, -0.15) is 0 Å². The fourth-order valence-electron chi connectivity index (χ4n) is 4.97. The number of nitrogens with zero attached hydrogens (tertiary/aromatic N) is 1. The van der Waals surface area contributed by atoms with E-state index in [1.165, 1.54) is 7.11 Å². The van der Waals surface area contributed by atoms with Crippen molar-refractivity contribution >= 4 is 23.0 Å². The standard InChI is InChI=1S/C34H41N3O5/c1-20(2)17-28-25(18-35-33(39)42-34(5,6)7)29(23-15-13-21(3)14-16-23)26(22(4)36-28)19-41-31-24-11-9-10-12-27(24)37-30(31)32(38)40-8/h9-16,20,37H,17-19H2,1-8H3,(H,35,39). The summed E-state index contributed by atoms with van der Waals surface area (Å²) < 4.78 is 17.0. The number of para-hydroxylation sites is 1. The van der Waals surface area contributed by atoms with Gasteiger partial charge in [-0.15, -0.1) is 0 Å². The van der Waals surface area contributed by atoms with Crippen LogP contribution in [0.3, 0.4) is 0 Å². The lowest BCUT2D eigenvalue weighted by molar-refractivity contribution is 0.0522. The van der Waals surface area contributed by atoms with E-state index >= 15 is 0 Å². The van der Waals surface area contributed by atoms with Crippen molar-refractivity contribution in [1.82, 2.24) is 15.3 Å². The molecule has 0 aliphatic rings. The summed E-state index contributed by atoms with van der Waals surface area (Å²) in [6, 6.07) is 15.9. The summed E-state index contributed by atoms with van der Waals surface area (Å²) in [4.78, 5) is 33.5. The summed E-state index contributed by atoms with van der Waals surface area (Å²) in [5, 5.41) is 3.74. The molecule has 0 aliphatic heterocycles. The minimum atomic E-state index is -0.619. The number of benzene rings is 2. The number of pyridine rings is 1. The van der Waals surface area contributed by atoms with Crippen LogP contribution in [-0.2, 0) is 29.0 Å². The number of ether oxygens (including phenoxy) is 3. The molecule has 0 unspecified atom stereocenters. The molecule has 4 aromatic rings. The highest BCUT2D eigenvalue weighted by Gasteiger charge is 2.25. The SMILES string of the molecule is COC(=O)c1[nH]c2ccccc2c1OCc1c(C)nc(CC(C)C)c(CNC(=O)OC(C)(C)C)c1-c1ccc(C)cc1. The second-order valence-electron chi connectivity index (χ2n) is 12.0.